The SMILES string of the molecule is CCC(CC)(CN)N(C)CCCN1CCCC1. The molecule has 17 heavy (non-hydrogen) atoms. The Bertz CT molecular complexity index is 187. The van der Waals surface area contributed by atoms with Gasteiger partial charge >= 0.3 is 0 Å². The number of rotatable bonds is 8. The van der Waals surface area contributed by atoms with Gasteiger partial charge in [0.1, 0.15) is 0 Å². The third-order valence-electron chi connectivity index (χ3n) is 4.67. The van der Waals surface area contributed by atoms with Crippen molar-refractivity contribution >= 4 is 0 Å². The number of nitrogens with zero attached hydrogens (tertiary/aromatic N) is 2. The Morgan fingerprint density at radius 1 is 1.18 bits per heavy atom. The first-order valence-electron chi connectivity index (χ1n) is 7.32. The predicted octanol–water partition coefficient (Wildman–Crippen LogP) is 1.92. The highest BCUT2D eigenvalue weighted by molar-refractivity contribution is 4.87. The highest BCUT2D eigenvalue weighted by Gasteiger charge is 2.28. The van der Waals surface area contributed by atoms with Crippen molar-refractivity contribution in [2.24, 2.45) is 5.73 Å². The standard InChI is InChI=1S/C14H31N3/c1-4-14(5-2,13-15)16(3)9-8-12-17-10-6-7-11-17/h4-13,15H2,1-3H3. The fourth-order valence-corrected chi connectivity index (χ4v) is 3.01. The summed E-state index contributed by atoms with van der Waals surface area (Å²) in [4.78, 5) is 5.08. The smallest absolute Gasteiger partial charge is 0.0323 e. The van der Waals surface area contributed by atoms with E-state index in [1.54, 1.807) is 0 Å². The molecule has 3 nitrogen and oxygen atoms in total. The van der Waals surface area contributed by atoms with Crippen LogP contribution in [0.3, 0.4) is 0 Å². The van der Waals surface area contributed by atoms with E-state index >= 15 is 0 Å². The van der Waals surface area contributed by atoms with Crippen molar-refractivity contribution in [1.29, 1.82) is 0 Å². The van der Waals surface area contributed by atoms with Crippen LogP contribution in [-0.4, -0.2) is 55.1 Å². The number of hydrogen-bond acceptors (Lipinski definition) is 3. The quantitative estimate of drug-likeness (QED) is 0.705. The van der Waals surface area contributed by atoms with Crippen molar-refractivity contribution in [3.8, 4) is 0 Å². The molecule has 0 aromatic heterocycles. The molecule has 0 saturated carbocycles. The van der Waals surface area contributed by atoms with Gasteiger partial charge in [-0.05, 0) is 65.3 Å². The molecule has 1 fully saturated rings. The third-order valence-corrected chi connectivity index (χ3v) is 4.67. The van der Waals surface area contributed by atoms with Gasteiger partial charge in [-0.15, -0.1) is 0 Å². The fourth-order valence-electron chi connectivity index (χ4n) is 3.01. The Morgan fingerprint density at radius 2 is 1.76 bits per heavy atom. The molecule has 1 rings (SSSR count). The lowest BCUT2D eigenvalue weighted by molar-refractivity contribution is 0.110. The first-order chi connectivity index (χ1) is 8.18. The second kappa shape index (κ2) is 7.34. The van der Waals surface area contributed by atoms with Gasteiger partial charge in [0.2, 0.25) is 0 Å². The summed E-state index contributed by atoms with van der Waals surface area (Å²) in [5.74, 6) is 0. The average Bonchev–Trinajstić information content (AvgIpc) is 2.85. The van der Waals surface area contributed by atoms with Crippen LogP contribution >= 0.6 is 0 Å². The van der Waals surface area contributed by atoms with Gasteiger partial charge in [0.15, 0.2) is 0 Å². The molecule has 0 spiro atoms. The van der Waals surface area contributed by atoms with Crippen molar-refractivity contribution in [2.75, 3.05) is 39.8 Å². The van der Waals surface area contributed by atoms with E-state index in [1.807, 2.05) is 0 Å². The van der Waals surface area contributed by atoms with E-state index in [2.05, 4.69) is 30.7 Å². The Kier molecular flexibility index (Phi) is 6.45. The maximum absolute atomic E-state index is 5.97. The first-order valence-corrected chi connectivity index (χ1v) is 7.32. The van der Waals surface area contributed by atoms with Crippen LogP contribution in [0.15, 0.2) is 0 Å². The van der Waals surface area contributed by atoms with Crippen LogP contribution in [0.1, 0.15) is 46.0 Å². The molecule has 1 saturated heterocycles. The van der Waals surface area contributed by atoms with Crippen LogP contribution in [-0.2, 0) is 0 Å². The summed E-state index contributed by atoms with van der Waals surface area (Å²) in [5, 5.41) is 0. The zero-order valence-corrected chi connectivity index (χ0v) is 12.0. The largest absolute Gasteiger partial charge is 0.329 e. The summed E-state index contributed by atoms with van der Waals surface area (Å²) in [6.45, 7) is 10.4. The highest BCUT2D eigenvalue weighted by atomic mass is 15.2. The molecule has 3 heteroatoms. The maximum Gasteiger partial charge on any atom is 0.0323 e. The van der Waals surface area contributed by atoms with Gasteiger partial charge < -0.3 is 10.6 Å². The summed E-state index contributed by atoms with van der Waals surface area (Å²) >= 11 is 0. The normalized spacial score (nSPS) is 18.2. The number of hydrogen-bond donors (Lipinski definition) is 1. The van der Waals surface area contributed by atoms with Crippen LogP contribution in [0.2, 0.25) is 0 Å². The second-order valence-corrected chi connectivity index (χ2v) is 5.46. The Hall–Kier alpha value is -0.120. The minimum Gasteiger partial charge on any atom is -0.329 e. The van der Waals surface area contributed by atoms with Gasteiger partial charge in [-0.25, -0.2) is 0 Å². The molecule has 0 aromatic rings. The number of nitrogens with two attached hydrogens (primary N) is 1. The van der Waals surface area contributed by atoms with E-state index in [1.165, 1.54) is 45.4 Å². The third kappa shape index (κ3) is 3.94. The molecule has 1 aliphatic heterocycles. The molecular formula is C14H31N3. The molecule has 2 N–H and O–H groups in total. The van der Waals surface area contributed by atoms with E-state index in [9.17, 15) is 0 Å². The molecule has 0 aliphatic carbocycles. The molecule has 0 bridgehead atoms. The monoisotopic (exact) mass is 241 g/mol. The van der Waals surface area contributed by atoms with Crippen LogP contribution in [0.4, 0.5) is 0 Å². The topological polar surface area (TPSA) is 32.5 Å². The summed E-state index contributed by atoms with van der Waals surface area (Å²) < 4.78 is 0. The van der Waals surface area contributed by atoms with Gasteiger partial charge in [0.05, 0.1) is 0 Å². The lowest BCUT2D eigenvalue weighted by atomic mass is 9.91. The van der Waals surface area contributed by atoms with E-state index < -0.39 is 0 Å². The van der Waals surface area contributed by atoms with Crippen molar-refractivity contribution in [3.05, 3.63) is 0 Å². The van der Waals surface area contributed by atoms with E-state index in [-0.39, 0.29) is 5.54 Å². The molecule has 0 unspecified atom stereocenters. The molecule has 1 aliphatic rings. The minimum absolute atomic E-state index is 0.227. The summed E-state index contributed by atoms with van der Waals surface area (Å²) in [7, 11) is 2.24. The highest BCUT2D eigenvalue weighted by Crippen LogP contribution is 2.21. The maximum atomic E-state index is 5.97. The Labute approximate surface area is 107 Å². The van der Waals surface area contributed by atoms with Gasteiger partial charge in [-0.3, -0.25) is 4.90 Å². The Balaban J connectivity index is 2.28. The molecule has 0 aromatic carbocycles. The van der Waals surface area contributed by atoms with Crippen LogP contribution in [0.25, 0.3) is 0 Å². The van der Waals surface area contributed by atoms with Gasteiger partial charge in [0, 0.05) is 12.1 Å². The minimum atomic E-state index is 0.227. The predicted molar refractivity (Wildman–Crippen MR) is 75.3 cm³/mol. The lowest BCUT2D eigenvalue weighted by Crippen LogP contribution is -2.51. The summed E-state index contributed by atoms with van der Waals surface area (Å²) in [5.41, 5.74) is 6.20. The number of likely N-dealkylation sites (N-methyl/N-ethyl adjacent to an activating group) is 1. The second-order valence-electron chi connectivity index (χ2n) is 5.46. The molecule has 102 valence electrons. The van der Waals surface area contributed by atoms with Crippen molar-refractivity contribution < 1.29 is 0 Å². The summed E-state index contributed by atoms with van der Waals surface area (Å²) in [6, 6.07) is 0. The molecule has 1 heterocycles. The molecular weight excluding hydrogens is 210 g/mol. The first kappa shape index (κ1) is 14.9. The van der Waals surface area contributed by atoms with Crippen molar-refractivity contribution in [1.82, 2.24) is 9.80 Å². The Morgan fingerprint density at radius 3 is 2.24 bits per heavy atom. The van der Waals surface area contributed by atoms with Crippen LogP contribution < -0.4 is 5.73 Å². The zero-order valence-electron chi connectivity index (χ0n) is 12.0. The van der Waals surface area contributed by atoms with Gasteiger partial charge in [-0.2, -0.15) is 0 Å². The van der Waals surface area contributed by atoms with E-state index in [0.717, 1.165) is 19.4 Å². The zero-order chi connectivity index (χ0) is 12.7. The molecule has 0 radical (unpaired) electrons. The van der Waals surface area contributed by atoms with Crippen molar-refractivity contribution in [3.63, 3.8) is 0 Å². The molecule has 0 atom stereocenters. The summed E-state index contributed by atoms with van der Waals surface area (Å²) in [6.07, 6.45) is 6.37. The van der Waals surface area contributed by atoms with Crippen LogP contribution in [0, 0.1) is 0 Å². The van der Waals surface area contributed by atoms with Crippen LogP contribution in [0.5, 0.6) is 0 Å². The number of likely N-dealkylation sites (tertiary alicyclic amines) is 1. The fraction of sp³-hybridized carbons (Fsp3) is 1.00. The van der Waals surface area contributed by atoms with E-state index in [0.29, 0.717) is 0 Å². The average molecular weight is 241 g/mol. The lowest BCUT2D eigenvalue weighted by Gasteiger charge is -2.40. The van der Waals surface area contributed by atoms with E-state index in [4.69, 9.17) is 5.73 Å². The van der Waals surface area contributed by atoms with Gasteiger partial charge in [-0.1, -0.05) is 13.8 Å². The van der Waals surface area contributed by atoms with Crippen molar-refractivity contribution in [2.45, 2.75) is 51.5 Å². The molecule has 0 amide bonds. The van der Waals surface area contributed by atoms with Gasteiger partial charge in [0.25, 0.3) is 0 Å².